The van der Waals surface area contributed by atoms with Crippen LogP contribution in [0.2, 0.25) is 0 Å². The largest absolute Gasteiger partial charge is 0.444 e. The molecule has 9 nitrogen and oxygen atoms in total. The van der Waals surface area contributed by atoms with E-state index in [4.69, 9.17) is 9.47 Å². The molecule has 1 N–H and O–H groups in total. The first-order chi connectivity index (χ1) is 21.9. The Kier molecular flexibility index (Phi) is 10.8. The highest BCUT2D eigenvalue weighted by molar-refractivity contribution is 5.96. The van der Waals surface area contributed by atoms with E-state index < -0.39 is 40.4 Å². The highest BCUT2D eigenvalue weighted by atomic mass is 19.1. The molecule has 11 heteroatoms. The number of unbranched alkanes of at least 4 members (excludes halogenated alkanes) is 1. The van der Waals surface area contributed by atoms with Crippen LogP contribution in [0.15, 0.2) is 12.1 Å². The van der Waals surface area contributed by atoms with Crippen molar-refractivity contribution in [2.75, 3.05) is 38.0 Å². The number of amides is 3. The summed E-state index contributed by atoms with van der Waals surface area (Å²) in [6.45, 7) is 10.5. The molecule has 3 heterocycles. The Bertz CT molecular complexity index is 1220. The van der Waals surface area contributed by atoms with Gasteiger partial charge in [-0.15, -0.1) is 0 Å². The number of hydrogen-bond acceptors (Lipinski definition) is 6. The summed E-state index contributed by atoms with van der Waals surface area (Å²) < 4.78 is 41.4. The number of piperidine rings is 2. The molecule has 1 aromatic rings. The minimum absolute atomic E-state index is 0.121. The quantitative estimate of drug-likeness (QED) is 0.318. The van der Waals surface area contributed by atoms with Gasteiger partial charge in [-0.1, -0.05) is 39.0 Å². The minimum Gasteiger partial charge on any atom is -0.444 e. The molecule has 3 aliphatic heterocycles. The zero-order valence-electron chi connectivity index (χ0n) is 28.0. The van der Waals surface area contributed by atoms with Crippen molar-refractivity contribution in [3.63, 3.8) is 0 Å². The smallest absolute Gasteiger partial charge is 0.412 e. The summed E-state index contributed by atoms with van der Waals surface area (Å²) in [6.07, 6.45) is 11.3. The molecule has 1 saturated carbocycles. The molecule has 1 unspecified atom stereocenters. The fourth-order valence-electron chi connectivity index (χ4n) is 7.94. The van der Waals surface area contributed by atoms with Gasteiger partial charge in [-0.05, 0) is 70.9 Å². The van der Waals surface area contributed by atoms with Crippen LogP contribution in [0.3, 0.4) is 0 Å². The average molecular weight is 647 g/mol. The van der Waals surface area contributed by atoms with Crippen molar-refractivity contribution in [1.82, 2.24) is 14.7 Å². The van der Waals surface area contributed by atoms with Crippen LogP contribution in [0.25, 0.3) is 0 Å². The molecule has 5 rings (SSSR count). The third kappa shape index (κ3) is 7.94. The van der Waals surface area contributed by atoms with Crippen molar-refractivity contribution in [2.24, 2.45) is 5.92 Å². The van der Waals surface area contributed by atoms with E-state index in [-0.39, 0.29) is 23.9 Å². The molecule has 1 spiro atoms. The van der Waals surface area contributed by atoms with Gasteiger partial charge in [0.05, 0.1) is 6.04 Å². The third-order valence-corrected chi connectivity index (χ3v) is 10.3. The second kappa shape index (κ2) is 14.4. The maximum atomic E-state index is 15.0. The van der Waals surface area contributed by atoms with Crippen molar-refractivity contribution < 1.29 is 32.6 Å². The Morgan fingerprint density at radius 1 is 1.00 bits per heavy atom. The number of carbonyl (C=O) groups is 3. The average Bonchev–Trinajstić information content (AvgIpc) is 3.24. The van der Waals surface area contributed by atoms with Gasteiger partial charge < -0.3 is 19.3 Å². The number of hydrogen-bond donors (Lipinski definition) is 1. The molecular weight excluding hydrogens is 594 g/mol. The first-order valence-electron chi connectivity index (χ1n) is 17.4. The van der Waals surface area contributed by atoms with Gasteiger partial charge >= 0.3 is 12.2 Å². The zero-order valence-corrected chi connectivity index (χ0v) is 28.0. The van der Waals surface area contributed by atoms with Crippen LogP contribution in [0.1, 0.15) is 115 Å². The highest BCUT2D eigenvalue weighted by Gasteiger charge is 2.55. The highest BCUT2D eigenvalue weighted by Crippen LogP contribution is 2.43. The van der Waals surface area contributed by atoms with Gasteiger partial charge in [-0.25, -0.2) is 18.4 Å². The maximum absolute atomic E-state index is 15.0. The topological polar surface area (TPSA) is 91.4 Å². The van der Waals surface area contributed by atoms with E-state index in [9.17, 15) is 23.2 Å². The van der Waals surface area contributed by atoms with Crippen LogP contribution in [0.4, 0.5) is 24.1 Å². The lowest BCUT2D eigenvalue weighted by Gasteiger charge is -2.46. The summed E-state index contributed by atoms with van der Waals surface area (Å²) in [4.78, 5) is 44.5. The first kappa shape index (κ1) is 34.4. The number of benzene rings is 1. The monoisotopic (exact) mass is 646 g/mol. The number of likely N-dealkylation sites (tertiary alicyclic amines) is 2. The maximum Gasteiger partial charge on any atom is 0.412 e. The SMILES string of the molecule is CCCCC1N(CC2CCCCC2)C(=O)OC12CCN(C1CCN(C(=O)c3c(F)cc(NC(=O)OC(C)(C)C)cc3F)CC1)CC2. The lowest BCUT2D eigenvalue weighted by molar-refractivity contribution is -0.0386. The van der Waals surface area contributed by atoms with Crippen LogP contribution in [-0.4, -0.2) is 88.8 Å². The van der Waals surface area contributed by atoms with Gasteiger partial charge in [-0.3, -0.25) is 15.0 Å². The molecular formula is C35H52F2N4O5. The number of nitrogens with zero attached hydrogens (tertiary/aromatic N) is 3. The normalized spacial score (nSPS) is 23.1. The Morgan fingerprint density at radius 3 is 2.22 bits per heavy atom. The molecule has 1 atom stereocenters. The van der Waals surface area contributed by atoms with Crippen LogP contribution in [-0.2, 0) is 9.47 Å². The fourth-order valence-corrected chi connectivity index (χ4v) is 7.94. The predicted octanol–water partition coefficient (Wildman–Crippen LogP) is 7.34. The van der Waals surface area contributed by atoms with Crippen molar-refractivity contribution in [3.05, 3.63) is 29.3 Å². The standard InChI is InChI=1S/C35H52F2N4O5/c1-5-6-12-29-35(46-33(44)41(29)23-24-10-8-7-9-11-24)15-19-39(20-16-35)26-13-17-40(18-14-26)31(42)30-27(36)21-25(22-28(30)37)38-32(43)45-34(2,3)4/h21-22,24,26,29H,5-20,23H2,1-4H3,(H,38,43). The lowest BCUT2D eigenvalue weighted by atomic mass is 9.80. The van der Waals surface area contributed by atoms with Crippen LogP contribution in [0.5, 0.6) is 0 Å². The number of halogens is 2. The van der Waals surface area contributed by atoms with Crippen LogP contribution >= 0.6 is 0 Å². The van der Waals surface area contributed by atoms with Crippen LogP contribution < -0.4 is 5.32 Å². The van der Waals surface area contributed by atoms with Crippen molar-refractivity contribution >= 4 is 23.8 Å². The van der Waals surface area contributed by atoms with Crippen molar-refractivity contribution in [2.45, 2.75) is 128 Å². The minimum atomic E-state index is -1.03. The molecule has 0 aromatic heterocycles. The van der Waals surface area contributed by atoms with Gasteiger partial charge in [0.2, 0.25) is 0 Å². The van der Waals surface area contributed by atoms with Gasteiger partial charge in [0.15, 0.2) is 0 Å². The summed E-state index contributed by atoms with van der Waals surface area (Å²) in [5.41, 5.74) is -1.95. The molecule has 1 aromatic carbocycles. The summed E-state index contributed by atoms with van der Waals surface area (Å²) in [5.74, 6) is -2.17. The van der Waals surface area contributed by atoms with Gasteiger partial charge in [-0.2, -0.15) is 0 Å². The van der Waals surface area contributed by atoms with E-state index in [1.54, 1.807) is 20.8 Å². The molecule has 0 radical (unpaired) electrons. The molecule has 0 bridgehead atoms. The summed E-state index contributed by atoms with van der Waals surface area (Å²) >= 11 is 0. The number of anilines is 1. The Morgan fingerprint density at radius 2 is 1.63 bits per heavy atom. The van der Waals surface area contributed by atoms with Gasteiger partial charge in [0.1, 0.15) is 28.4 Å². The molecule has 3 saturated heterocycles. The molecule has 4 aliphatic rings. The van der Waals surface area contributed by atoms with Gasteiger partial charge in [0.25, 0.3) is 5.91 Å². The zero-order chi connectivity index (χ0) is 33.1. The molecule has 256 valence electrons. The van der Waals surface area contributed by atoms with E-state index >= 15 is 0 Å². The predicted molar refractivity (Wildman–Crippen MR) is 172 cm³/mol. The van der Waals surface area contributed by atoms with E-state index in [1.807, 2.05) is 0 Å². The second-order valence-electron chi connectivity index (χ2n) is 14.7. The second-order valence-corrected chi connectivity index (χ2v) is 14.7. The van der Waals surface area contributed by atoms with E-state index in [1.165, 1.54) is 37.0 Å². The van der Waals surface area contributed by atoms with E-state index in [2.05, 4.69) is 22.0 Å². The molecule has 4 fully saturated rings. The van der Waals surface area contributed by atoms with E-state index in [0.29, 0.717) is 31.8 Å². The van der Waals surface area contributed by atoms with Gasteiger partial charge in [0, 0.05) is 57.3 Å². The lowest BCUT2D eigenvalue weighted by Crippen LogP contribution is -2.56. The Hall–Kier alpha value is -2.95. The Labute approximate surface area is 272 Å². The number of carbonyl (C=O) groups excluding carboxylic acids is 3. The Balaban J connectivity index is 1.15. The third-order valence-electron chi connectivity index (χ3n) is 10.3. The number of rotatable bonds is 8. The van der Waals surface area contributed by atoms with Crippen molar-refractivity contribution in [1.29, 1.82) is 0 Å². The molecule has 3 amide bonds. The summed E-state index contributed by atoms with van der Waals surface area (Å²) in [5, 5.41) is 2.32. The summed E-state index contributed by atoms with van der Waals surface area (Å²) in [6, 6.07) is 2.26. The van der Waals surface area contributed by atoms with Crippen molar-refractivity contribution in [3.8, 4) is 0 Å². The number of ether oxygens (including phenoxy) is 2. The molecule has 46 heavy (non-hydrogen) atoms. The summed E-state index contributed by atoms with van der Waals surface area (Å²) in [7, 11) is 0. The van der Waals surface area contributed by atoms with Crippen LogP contribution in [0, 0.1) is 17.6 Å². The molecule has 1 aliphatic carbocycles. The fraction of sp³-hybridized carbons (Fsp3) is 0.743. The first-order valence-corrected chi connectivity index (χ1v) is 17.4. The van der Waals surface area contributed by atoms with E-state index in [0.717, 1.165) is 63.9 Å². The number of nitrogens with one attached hydrogen (secondary N) is 1.